The van der Waals surface area contributed by atoms with Crippen LogP contribution in [0.25, 0.3) is 0 Å². The van der Waals surface area contributed by atoms with Crippen LogP contribution in [0.5, 0.6) is 0 Å². The average Bonchev–Trinajstić information content (AvgIpc) is 2.79. The van der Waals surface area contributed by atoms with Crippen LogP contribution in [0.15, 0.2) is 0 Å². The molecule has 0 radical (unpaired) electrons. The number of alkyl halides is 1. The first-order valence-corrected chi connectivity index (χ1v) is 9.58. The van der Waals surface area contributed by atoms with E-state index in [9.17, 15) is 4.79 Å². The second-order valence-corrected chi connectivity index (χ2v) is 8.00. The van der Waals surface area contributed by atoms with E-state index in [0.717, 1.165) is 37.6 Å². The maximum Gasteiger partial charge on any atom is 0.229 e. The summed E-state index contributed by atoms with van der Waals surface area (Å²) in [5.41, 5.74) is -0.0178. The molecule has 2 saturated carbocycles. The SMILES string of the molecule is CC(C)CC1(C(=O)N(CCCBr)C2CCC2)CCCC1. The number of carbonyl (C=O) groups is 1. The van der Waals surface area contributed by atoms with Crippen molar-refractivity contribution in [2.75, 3.05) is 11.9 Å². The van der Waals surface area contributed by atoms with Crippen molar-refractivity contribution >= 4 is 21.8 Å². The van der Waals surface area contributed by atoms with Crippen LogP contribution in [0.1, 0.15) is 71.6 Å². The number of halogens is 1. The van der Waals surface area contributed by atoms with Gasteiger partial charge in [0, 0.05) is 23.3 Å². The summed E-state index contributed by atoms with van der Waals surface area (Å²) >= 11 is 3.52. The summed E-state index contributed by atoms with van der Waals surface area (Å²) in [5, 5.41) is 1.00. The molecule has 0 atom stereocenters. The van der Waals surface area contributed by atoms with E-state index < -0.39 is 0 Å². The molecule has 0 aromatic heterocycles. The van der Waals surface area contributed by atoms with Crippen molar-refractivity contribution in [3.8, 4) is 0 Å². The lowest BCUT2D eigenvalue weighted by atomic mass is 9.76. The first-order valence-electron chi connectivity index (χ1n) is 8.46. The van der Waals surface area contributed by atoms with Crippen molar-refractivity contribution in [3.05, 3.63) is 0 Å². The number of rotatable bonds is 7. The van der Waals surface area contributed by atoms with Crippen molar-refractivity contribution in [2.45, 2.75) is 77.7 Å². The van der Waals surface area contributed by atoms with Crippen LogP contribution >= 0.6 is 15.9 Å². The molecule has 1 amide bonds. The average molecular weight is 344 g/mol. The van der Waals surface area contributed by atoms with E-state index in [1.165, 1.54) is 32.1 Å². The van der Waals surface area contributed by atoms with Crippen molar-refractivity contribution in [2.24, 2.45) is 11.3 Å². The molecular formula is C17H30BrNO. The molecule has 0 unspecified atom stereocenters. The number of nitrogens with zero attached hydrogens (tertiary/aromatic N) is 1. The van der Waals surface area contributed by atoms with Gasteiger partial charge in [0.1, 0.15) is 0 Å². The Hall–Kier alpha value is -0.0500. The minimum absolute atomic E-state index is 0.0178. The molecule has 0 N–H and O–H groups in total. The maximum atomic E-state index is 13.3. The number of hydrogen-bond acceptors (Lipinski definition) is 1. The first-order chi connectivity index (χ1) is 9.59. The van der Waals surface area contributed by atoms with Crippen LogP contribution in [-0.2, 0) is 4.79 Å². The van der Waals surface area contributed by atoms with E-state index in [-0.39, 0.29) is 5.41 Å². The van der Waals surface area contributed by atoms with Gasteiger partial charge in [0.2, 0.25) is 5.91 Å². The van der Waals surface area contributed by atoms with E-state index in [1.54, 1.807) is 0 Å². The highest BCUT2D eigenvalue weighted by atomic mass is 79.9. The summed E-state index contributed by atoms with van der Waals surface area (Å²) in [6.45, 7) is 5.48. The van der Waals surface area contributed by atoms with E-state index in [2.05, 4.69) is 34.7 Å². The molecule has 20 heavy (non-hydrogen) atoms. The zero-order chi connectivity index (χ0) is 14.6. The summed E-state index contributed by atoms with van der Waals surface area (Å²) in [5.74, 6) is 1.12. The first kappa shape index (κ1) is 16.3. The molecule has 116 valence electrons. The Morgan fingerprint density at radius 3 is 2.35 bits per heavy atom. The second-order valence-electron chi connectivity index (χ2n) is 7.21. The summed E-state index contributed by atoms with van der Waals surface area (Å²) in [6.07, 6.45) is 10.7. The molecule has 0 saturated heterocycles. The van der Waals surface area contributed by atoms with Crippen LogP contribution in [-0.4, -0.2) is 28.7 Å². The molecule has 0 aliphatic heterocycles. The molecular weight excluding hydrogens is 314 g/mol. The smallest absolute Gasteiger partial charge is 0.229 e. The normalized spacial score (nSPS) is 22.0. The summed E-state index contributed by atoms with van der Waals surface area (Å²) in [4.78, 5) is 15.5. The molecule has 2 nitrogen and oxygen atoms in total. The minimum Gasteiger partial charge on any atom is -0.339 e. The molecule has 0 spiro atoms. The van der Waals surface area contributed by atoms with Gasteiger partial charge in [-0.3, -0.25) is 4.79 Å². The molecule has 2 aliphatic carbocycles. The zero-order valence-electron chi connectivity index (χ0n) is 13.2. The van der Waals surface area contributed by atoms with Gasteiger partial charge in [-0.05, 0) is 50.9 Å². The fourth-order valence-corrected chi connectivity index (χ4v) is 4.27. The third-order valence-corrected chi connectivity index (χ3v) is 5.68. The van der Waals surface area contributed by atoms with E-state index in [1.807, 2.05) is 0 Å². The Balaban J connectivity index is 2.10. The van der Waals surface area contributed by atoms with Crippen molar-refractivity contribution in [3.63, 3.8) is 0 Å². The number of hydrogen-bond donors (Lipinski definition) is 0. The second kappa shape index (κ2) is 7.29. The lowest BCUT2D eigenvalue weighted by molar-refractivity contribution is -0.147. The van der Waals surface area contributed by atoms with Gasteiger partial charge in [-0.25, -0.2) is 0 Å². The van der Waals surface area contributed by atoms with Gasteiger partial charge in [-0.1, -0.05) is 42.6 Å². The van der Waals surface area contributed by atoms with E-state index in [0.29, 0.717) is 17.9 Å². The van der Waals surface area contributed by atoms with Gasteiger partial charge < -0.3 is 4.90 Å². The monoisotopic (exact) mass is 343 g/mol. The highest BCUT2D eigenvalue weighted by molar-refractivity contribution is 9.09. The third-order valence-electron chi connectivity index (χ3n) is 5.12. The van der Waals surface area contributed by atoms with Gasteiger partial charge in [0.25, 0.3) is 0 Å². The predicted octanol–water partition coefficient (Wildman–Crippen LogP) is 4.76. The number of carbonyl (C=O) groups excluding carboxylic acids is 1. The summed E-state index contributed by atoms with van der Waals surface area (Å²) in [7, 11) is 0. The van der Waals surface area contributed by atoms with Gasteiger partial charge in [0.15, 0.2) is 0 Å². The Labute approximate surface area is 132 Å². The van der Waals surface area contributed by atoms with Crippen LogP contribution < -0.4 is 0 Å². The quantitative estimate of drug-likeness (QED) is 0.610. The van der Waals surface area contributed by atoms with Crippen LogP contribution in [0, 0.1) is 11.3 Å². The molecule has 2 fully saturated rings. The Morgan fingerprint density at radius 2 is 1.90 bits per heavy atom. The van der Waals surface area contributed by atoms with Crippen molar-refractivity contribution in [1.82, 2.24) is 4.90 Å². The fraction of sp³-hybridized carbons (Fsp3) is 0.941. The van der Waals surface area contributed by atoms with Crippen LogP contribution in [0.4, 0.5) is 0 Å². The Kier molecular flexibility index (Phi) is 5.95. The fourth-order valence-electron chi connectivity index (χ4n) is 4.02. The molecule has 0 heterocycles. The lowest BCUT2D eigenvalue weighted by Crippen LogP contribution is -2.51. The minimum atomic E-state index is -0.0178. The van der Waals surface area contributed by atoms with Gasteiger partial charge in [-0.15, -0.1) is 0 Å². The lowest BCUT2D eigenvalue weighted by Gasteiger charge is -2.43. The third kappa shape index (κ3) is 3.58. The van der Waals surface area contributed by atoms with Gasteiger partial charge in [0.05, 0.1) is 0 Å². The predicted molar refractivity (Wildman–Crippen MR) is 88.1 cm³/mol. The highest BCUT2D eigenvalue weighted by Gasteiger charge is 2.45. The van der Waals surface area contributed by atoms with E-state index >= 15 is 0 Å². The standard InChI is InChI=1S/C17H30BrNO/c1-14(2)13-17(9-3-4-10-17)16(20)19(12-6-11-18)15-7-5-8-15/h14-15H,3-13H2,1-2H3. The van der Waals surface area contributed by atoms with Crippen molar-refractivity contribution in [1.29, 1.82) is 0 Å². The number of amides is 1. The zero-order valence-corrected chi connectivity index (χ0v) is 14.8. The Morgan fingerprint density at radius 1 is 1.25 bits per heavy atom. The molecule has 0 bridgehead atoms. The Bertz CT molecular complexity index is 319. The van der Waals surface area contributed by atoms with Gasteiger partial charge >= 0.3 is 0 Å². The highest BCUT2D eigenvalue weighted by Crippen LogP contribution is 2.45. The molecule has 0 aromatic rings. The molecule has 3 heteroatoms. The van der Waals surface area contributed by atoms with Gasteiger partial charge in [-0.2, -0.15) is 0 Å². The van der Waals surface area contributed by atoms with E-state index in [4.69, 9.17) is 0 Å². The largest absolute Gasteiger partial charge is 0.339 e. The van der Waals surface area contributed by atoms with Crippen LogP contribution in [0.3, 0.4) is 0 Å². The molecule has 2 rings (SSSR count). The van der Waals surface area contributed by atoms with Crippen LogP contribution in [0.2, 0.25) is 0 Å². The molecule has 0 aromatic carbocycles. The summed E-state index contributed by atoms with van der Waals surface area (Å²) in [6, 6.07) is 0.547. The topological polar surface area (TPSA) is 20.3 Å². The van der Waals surface area contributed by atoms with Crippen molar-refractivity contribution < 1.29 is 4.79 Å². The maximum absolute atomic E-state index is 13.3. The molecule has 2 aliphatic rings. The summed E-state index contributed by atoms with van der Waals surface area (Å²) < 4.78 is 0.